The van der Waals surface area contributed by atoms with Gasteiger partial charge in [0, 0.05) is 13.0 Å². The van der Waals surface area contributed by atoms with E-state index in [0.29, 0.717) is 6.42 Å². The molecule has 2 atom stereocenters. The molecule has 0 aromatic heterocycles. The molecule has 0 aliphatic carbocycles. The van der Waals surface area contributed by atoms with Crippen molar-refractivity contribution in [3.05, 3.63) is 0 Å². The molecular weight excluding hydrogens is 130 g/mol. The van der Waals surface area contributed by atoms with Crippen molar-refractivity contribution in [2.45, 2.75) is 38.0 Å². The SMILES string of the molecule is CC(N)(O)CC1CCCO1. The van der Waals surface area contributed by atoms with Gasteiger partial charge < -0.3 is 15.6 Å². The maximum atomic E-state index is 9.18. The van der Waals surface area contributed by atoms with Gasteiger partial charge in [-0.1, -0.05) is 0 Å². The molecule has 2 unspecified atom stereocenters. The normalized spacial score (nSPS) is 32.1. The lowest BCUT2D eigenvalue weighted by Gasteiger charge is -2.20. The fraction of sp³-hybridized carbons (Fsp3) is 1.00. The molecule has 1 aliphatic rings. The van der Waals surface area contributed by atoms with Crippen molar-refractivity contribution < 1.29 is 9.84 Å². The molecule has 1 aliphatic heterocycles. The molecule has 0 aromatic rings. The van der Waals surface area contributed by atoms with Crippen molar-refractivity contribution in [3.63, 3.8) is 0 Å². The average molecular weight is 145 g/mol. The van der Waals surface area contributed by atoms with Crippen LogP contribution in [0.2, 0.25) is 0 Å². The number of hydrogen-bond donors (Lipinski definition) is 2. The summed E-state index contributed by atoms with van der Waals surface area (Å²) in [4.78, 5) is 0. The molecule has 3 heteroatoms. The van der Waals surface area contributed by atoms with Crippen LogP contribution in [0.4, 0.5) is 0 Å². The van der Waals surface area contributed by atoms with Crippen molar-refractivity contribution in [2.75, 3.05) is 6.61 Å². The van der Waals surface area contributed by atoms with Gasteiger partial charge in [-0.2, -0.15) is 0 Å². The summed E-state index contributed by atoms with van der Waals surface area (Å²) in [6, 6.07) is 0. The Balaban J connectivity index is 2.24. The molecule has 1 rings (SSSR count). The standard InChI is InChI=1S/C7H15NO2/c1-7(8,9)5-6-3-2-4-10-6/h6,9H,2-5,8H2,1H3. The lowest BCUT2D eigenvalue weighted by atomic mass is 10.1. The third kappa shape index (κ3) is 2.64. The van der Waals surface area contributed by atoms with Gasteiger partial charge in [-0.25, -0.2) is 0 Å². The minimum absolute atomic E-state index is 0.181. The van der Waals surface area contributed by atoms with Gasteiger partial charge in [0.1, 0.15) is 5.72 Å². The lowest BCUT2D eigenvalue weighted by molar-refractivity contribution is -0.00231. The van der Waals surface area contributed by atoms with Crippen LogP contribution in [0.5, 0.6) is 0 Å². The first-order valence-corrected chi connectivity index (χ1v) is 3.71. The highest BCUT2D eigenvalue weighted by molar-refractivity contribution is 4.73. The smallest absolute Gasteiger partial charge is 0.113 e. The average Bonchev–Trinajstić information content (AvgIpc) is 2.12. The van der Waals surface area contributed by atoms with E-state index in [1.807, 2.05) is 0 Å². The molecule has 1 fully saturated rings. The van der Waals surface area contributed by atoms with Crippen LogP contribution in [0.15, 0.2) is 0 Å². The van der Waals surface area contributed by atoms with E-state index in [2.05, 4.69) is 0 Å². The first kappa shape index (κ1) is 7.98. The van der Waals surface area contributed by atoms with Crippen LogP contribution >= 0.6 is 0 Å². The molecule has 0 bridgehead atoms. The molecule has 1 saturated heterocycles. The van der Waals surface area contributed by atoms with Crippen LogP contribution in [-0.2, 0) is 4.74 Å². The second kappa shape index (κ2) is 2.86. The highest BCUT2D eigenvalue weighted by Crippen LogP contribution is 2.19. The van der Waals surface area contributed by atoms with E-state index in [4.69, 9.17) is 10.5 Å². The van der Waals surface area contributed by atoms with Crippen LogP contribution in [0.1, 0.15) is 26.2 Å². The fourth-order valence-electron chi connectivity index (χ4n) is 1.27. The number of aliphatic hydroxyl groups is 1. The van der Waals surface area contributed by atoms with E-state index < -0.39 is 5.72 Å². The Morgan fingerprint density at radius 3 is 2.90 bits per heavy atom. The third-order valence-electron chi connectivity index (χ3n) is 1.66. The van der Waals surface area contributed by atoms with Gasteiger partial charge in [0.15, 0.2) is 0 Å². The summed E-state index contributed by atoms with van der Waals surface area (Å²) in [6.45, 7) is 2.43. The van der Waals surface area contributed by atoms with Gasteiger partial charge in [-0.05, 0) is 19.8 Å². The molecule has 0 amide bonds. The molecule has 10 heavy (non-hydrogen) atoms. The van der Waals surface area contributed by atoms with Crippen LogP contribution in [0.25, 0.3) is 0 Å². The molecule has 3 nitrogen and oxygen atoms in total. The first-order valence-electron chi connectivity index (χ1n) is 3.71. The van der Waals surface area contributed by atoms with Gasteiger partial charge >= 0.3 is 0 Å². The van der Waals surface area contributed by atoms with Crippen molar-refractivity contribution in [3.8, 4) is 0 Å². The minimum atomic E-state index is -1.06. The Morgan fingerprint density at radius 1 is 1.80 bits per heavy atom. The summed E-state index contributed by atoms with van der Waals surface area (Å²) < 4.78 is 5.29. The Morgan fingerprint density at radius 2 is 2.50 bits per heavy atom. The van der Waals surface area contributed by atoms with Crippen LogP contribution < -0.4 is 5.73 Å². The summed E-state index contributed by atoms with van der Waals surface area (Å²) >= 11 is 0. The number of nitrogens with two attached hydrogens (primary N) is 1. The van der Waals surface area contributed by atoms with Gasteiger partial charge in [-0.3, -0.25) is 0 Å². The van der Waals surface area contributed by atoms with E-state index in [-0.39, 0.29) is 6.10 Å². The molecule has 3 N–H and O–H groups in total. The molecule has 0 saturated carbocycles. The highest BCUT2D eigenvalue weighted by atomic mass is 16.5. The maximum absolute atomic E-state index is 9.18. The monoisotopic (exact) mass is 145 g/mol. The van der Waals surface area contributed by atoms with Gasteiger partial charge in [0.2, 0.25) is 0 Å². The molecule has 1 heterocycles. The summed E-state index contributed by atoms with van der Waals surface area (Å²) in [7, 11) is 0. The Bertz CT molecular complexity index is 103. The predicted molar refractivity (Wildman–Crippen MR) is 38.4 cm³/mol. The maximum Gasteiger partial charge on any atom is 0.113 e. The topological polar surface area (TPSA) is 55.5 Å². The molecular formula is C7H15NO2. The van der Waals surface area contributed by atoms with Gasteiger partial charge in [0.05, 0.1) is 6.10 Å². The Hall–Kier alpha value is -0.120. The van der Waals surface area contributed by atoms with E-state index in [9.17, 15) is 5.11 Å². The molecule has 60 valence electrons. The van der Waals surface area contributed by atoms with E-state index in [1.165, 1.54) is 0 Å². The van der Waals surface area contributed by atoms with E-state index >= 15 is 0 Å². The summed E-state index contributed by atoms with van der Waals surface area (Å²) in [5, 5.41) is 9.18. The van der Waals surface area contributed by atoms with Crippen molar-refractivity contribution in [1.82, 2.24) is 0 Å². The van der Waals surface area contributed by atoms with Crippen molar-refractivity contribution in [2.24, 2.45) is 5.73 Å². The highest BCUT2D eigenvalue weighted by Gasteiger charge is 2.23. The first-order chi connectivity index (χ1) is 4.58. The van der Waals surface area contributed by atoms with E-state index in [0.717, 1.165) is 19.4 Å². The minimum Gasteiger partial charge on any atom is -0.378 e. The number of ether oxygens (including phenoxy) is 1. The zero-order valence-electron chi connectivity index (χ0n) is 6.34. The number of hydrogen-bond acceptors (Lipinski definition) is 3. The van der Waals surface area contributed by atoms with E-state index in [1.54, 1.807) is 6.92 Å². The number of rotatable bonds is 2. The molecule has 0 spiro atoms. The third-order valence-corrected chi connectivity index (χ3v) is 1.66. The summed E-state index contributed by atoms with van der Waals surface area (Å²) in [5.74, 6) is 0. The quantitative estimate of drug-likeness (QED) is 0.547. The largest absolute Gasteiger partial charge is 0.378 e. The fourth-order valence-corrected chi connectivity index (χ4v) is 1.27. The van der Waals surface area contributed by atoms with Crippen LogP contribution in [-0.4, -0.2) is 23.5 Å². The van der Waals surface area contributed by atoms with Crippen LogP contribution in [0.3, 0.4) is 0 Å². The van der Waals surface area contributed by atoms with Gasteiger partial charge in [-0.15, -0.1) is 0 Å². The second-order valence-electron chi connectivity index (χ2n) is 3.20. The van der Waals surface area contributed by atoms with Crippen molar-refractivity contribution >= 4 is 0 Å². The zero-order valence-corrected chi connectivity index (χ0v) is 6.34. The summed E-state index contributed by atoms with van der Waals surface area (Å²) in [5.41, 5.74) is 4.33. The molecule has 0 aromatic carbocycles. The van der Waals surface area contributed by atoms with Crippen molar-refractivity contribution in [1.29, 1.82) is 0 Å². The molecule has 0 radical (unpaired) electrons. The predicted octanol–water partition coefficient (Wildman–Crippen LogP) is 0.223. The summed E-state index contributed by atoms with van der Waals surface area (Å²) in [6.07, 6.45) is 2.86. The Labute approximate surface area is 61.2 Å². The van der Waals surface area contributed by atoms with Crippen LogP contribution in [0, 0.1) is 0 Å². The Kier molecular flexibility index (Phi) is 2.28. The lowest BCUT2D eigenvalue weighted by Crippen LogP contribution is -2.39. The van der Waals surface area contributed by atoms with Gasteiger partial charge in [0.25, 0.3) is 0 Å². The zero-order chi connectivity index (χ0) is 7.61. The second-order valence-corrected chi connectivity index (χ2v) is 3.20.